The molecule has 0 radical (unpaired) electrons. The summed E-state index contributed by atoms with van der Waals surface area (Å²) in [5.74, 6) is 1.54. The third-order valence-electron chi connectivity index (χ3n) is 5.39. The summed E-state index contributed by atoms with van der Waals surface area (Å²) >= 11 is 1.52. The Morgan fingerprint density at radius 2 is 2.11 bits per heavy atom. The molecule has 27 heavy (non-hydrogen) atoms. The summed E-state index contributed by atoms with van der Waals surface area (Å²) in [7, 11) is 0. The van der Waals surface area contributed by atoms with Crippen molar-refractivity contribution < 1.29 is 9.53 Å². The lowest BCUT2D eigenvalue weighted by atomic mass is 10.0. The molecule has 1 saturated carbocycles. The van der Waals surface area contributed by atoms with Gasteiger partial charge in [-0.05, 0) is 45.4 Å². The van der Waals surface area contributed by atoms with E-state index in [-0.39, 0.29) is 5.91 Å². The lowest BCUT2D eigenvalue weighted by molar-refractivity contribution is -0.127. The van der Waals surface area contributed by atoms with Crippen molar-refractivity contribution in [1.82, 2.24) is 19.7 Å². The molecule has 1 aromatic heterocycles. The SMILES string of the molecule is CCn1c(SCC(=O)N(C2=CCCCC2)C2CC2)nnc1N1CCOCC1. The molecule has 0 unspecified atom stereocenters. The Hall–Kier alpha value is -1.54. The molecular formula is C19H29N5O2S. The van der Waals surface area contributed by atoms with Crippen LogP contribution in [0.3, 0.4) is 0 Å². The van der Waals surface area contributed by atoms with Crippen molar-refractivity contribution in [2.45, 2.75) is 63.2 Å². The Kier molecular flexibility index (Phi) is 6.02. The summed E-state index contributed by atoms with van der Waals surface area (Å²) in [6.45, 7) is 6.03. The standard InChI is InChI=1S/C19H29N5O2S/c1-2-23-18(22-10-12-26-13-11-22)20-21-19(23)27-14-17(25)24(16-8-9-16)15-6-4-3-5-7-15/h6,16H,2-5,7-14H2,1H3. The van der Waals surface area contributed by atoms with Crippen LogP contribution >= 0.6 is 11.8 Å². The molecular weight excluding hydrogens is 362 g/mol. The molecule has 7 nitrogen and oxygen atoms in total. The highest BCUT2D eigenvalue weighted by atomic mass is 32.2. The minimum atomic E-state index is 0.217. The highest BCUT2D eigenvalue weighted by Gasteiger charge is 2.35. The van der Waals surface area contributed by atoms with Crippen LogP contribution in [0.2, 0.25) is 0 Å². The number of carbonyl (C=O) groups is 1. The molecule has 148 valence electrons. The van der Waals surface area contributed by atoms with Crippen molar-refractivity contribution in [1.29, 1.82) is 0 Å². The number of hydrogen-bond donors (Lipinski definition) is 0. The Balaban J connectivity index is 1.42. The number of thioether (sulfide) groups is 1. The van der Waals surface area contributed by atoms with E-state index in [9.17, 15) is 4.79 Å². The van der Waals surface area contributed by atoms with Crippen LogP contribution in [0.15, 0.2) is 16.9 Å². The van der Waals surface area contributed by atoms with Gasteiger partial charge in [-0.3, -0.25) is 9.36 Å². The second kappa shape index (κ2) is 8.65. The van der Waals surface area contributed by atoms with Crippen molar-refractivity contribution in [3.63, 3.8) is 0 Å². The van der Waals surface area contributed by atoms with Crippen LogP contribution in [0.4, 0.5) is 5.95 Å². The Labute approximate surface area is 165 Å². The molecule has 0 N–H and O–H groups in total. The van der Waals surface area contributed by atoms with Gasteiger partial charge in [0.1, 0.15) is 0 Å². The fourth-order valence-corrected chi connectivity index (χ4v) is 4.69. The van der Waals surface area contributed by atoms with Crippen molar-refractivity contribution in [2.24, 2.45) is 0 Å². The number of aromatic nitrogens is 3. The second-order valence-corrected chi connectivity index (χ2v) is 8.29. The normalized spacial score (nSPS) is 20.5. The van der Waals surface area contributed by atoms with Gasteiger partial charge in [-0.15, -0.1) is 10.2 Å². The highest BCUT2D eigenvalue weighted by molar-refractivity contribution is 7.99. The number of nitrogens with zero attached hydrogens (tertiary/aromatic N) is 5. The zero-order valence-electron chi connectivity index (χ0n) is 16.1. The van der Waals surface area contributed by atoms with Crippen LogP contribution in [-0.2, 0) is 16.1 Å². The van der Waals surface area contributed by atoms with Crippen LogP contribution in [0.5, 0.6) is 0 Å². The van der Waals surface area contributed by atoms with Gasteiger partial charge in [-0.25, -0.2) is 0 Å². The molecule has 1 aromatic rings. The van der Waals surface area contributed by atoms with E-state index >= 15 is 0 Å². The second-order valence-electron chi connectivity index (χ2n) is 7.35. The molecule has 1 saturated heterocycles. The number of rotatable bonds is 7. The summed E-state index contributed by atoms with van der Waals surface area (Å²) in [6.07, 6.45) is 9.14. The number of morpholine rings is 1. The first-order valence-corrected chi connectivity index (χ1v) is 11.2. The Bertz CT molecular complexity index is 694. The van der Waals surface area contributed by atoms with E-state index in [2.05, 4.69) is 37.6 Å². The molecule has 2 fully saturated rings. The molecule has 8 heteroatoms. The lowest BCUT2D eigenvalue weighted by Crippen LogP contribution is -2.38. The first-order valence-electron chi connectivity index (χ1n) is 10.2. The van der Waals surface area contributed by atoms with Crippen LogP contribution in [0.25, 0.3) is 0 Å². The van der Waals surface area contributed by atoms with Crippen molar-refractivity contribution in [3.05, 3.63) is 11.8 Å². The highest BCUT2D eigenvalue weighted by Crippen LogP contribution is 2.34. The van der Waals surface area contributed by atoms with Gasteiger partial charge in [0.25, 0.3) is 0 Å². The van der Waals surface area contributed by atoms with E-state index in [1.807, 2.05) is 0 Å². The number of anilines is 1. The lowest BCUT2D eigenvalue weighted by Gasteiger charge is -2.28. The van der Waals surface area contributed by atoms with Crippen LogP contribution in [0, 0.1) is 0 Å². The monoisotopic (exact) mass is 391 g/mol. The summed E-state index contributed by atoms with van der Waals surface area (Å²) in [5.41, 5.74) is 1.25. The van der Waals surface area contributed by atoms with Gasteiger partial charge in [0, 0.05) is 31.4 Å². The van der Waals surface area contributed by atoms with Gasteiger partial charge >= 0.3 is 0 Å². The Morgan fingerprint density at radius 3 is 2.78 bits per heavy atom. The van der Waals surface area contributed by atoms with E-state index < -0.39 is 0 Å². The molecule has 2 aliphatic carbocycles. The average Bonchev–Trinajstić information content (AvgIpc) is 3.46. The number of hydrogen-bond acceptors (Lipinski definition) is 6. The van der Waals surface area contributed by atoms with E-state index in [1.54, 1.807) is 0 Å². The van der Waals surface area contributed by atoms with Gasteiger partial charge in [0.2, 0.25) is 11.9 Å². The predicted octanol–water partition coefficient (Wildman–Crippen LogP) is 2.68. The van der Waals surface area contributed by atoms with Crippen LogP contribution in [-0.4, -0.2) is 63.7 Å². The zero-order chi connectivity index (χ0) is 18.6. The van der Waals surface area contributed by atoms with E-state index in [0.29, 0.717) is 11.8 Å². The Morgan fingerprint density at radius 1 is 1.30 bits per heavy atom. The maximum Gasteiger partial charge on any atom is 0.237 e. The maximum absolute atomic E-state index is 13.0. The quantitative estimate of drug-likeness (QED) is 0.666. The topological polar surface area (TPSA) is 63.5 Å². The van der Waals surface area contributed by atoms with Gasteiger partial charge in [-0.1, -0.05) is 17.8 Å². The summed E-state index contributed by atoms with van der Waals surface area (Å²) in [4.78, 5) is 17.3. The van der Waals surface area contributed by atoms with Crippen molar-refractivity contribution in [3.8, 4) is 0 Å². The van der Waals surface area contributed by atoms with E-state index in [1.165, 1.54) is 30.3 Å². The third kappa shape index (κ3) is 4.32. The minimum Gasteiger partial charge on any atom is -0.378 e. The smallest absolute Gasteiger partial charge is 0.237 e. The summed E-state index contributed by atoms with van der Waals surface area (Å²) < 4.78 is 7.55. The largest absolute Gasteiger partial charge is 0.378 e. The average molecular weight is 392 g/mol. The predicted molar refractivity (Wildman–Crippen MR) is 106 cm³/mol. The van der Waals surface area contributed by atoms with Crippen LogP contribution < -0.4 is 4.90 Å². The van der Waals surface area contributed by atoms with Gasteiger partial charge in [0.15, 0.2) is 5.16 Å². The maximum atomic E-state index is 13.0. The molecule has 0 aromatic carbocycles. The minimum absolute atomic E-state index is 0.217. The third-order valence-corrected chi connectivity index (χ3v) is 6.34. The summed E-state index contributed by atoms with van der Waals surface area (Å²) in [5, 5.41) is 9.61. The summed E-state index contributed by atoms with van der Waals surface area (Å²) in [6, 6.07) is 0.426. The number of carbonyl (C=O) groups excluding carboxylic acids is 1. The van der Waals surface area contributed by atoms with Crippen molar-refractivity contribution >= 4 is 23.6 Å². The molecule has 4 rings (SSSR count). The molecule has 0 spiro atoms. The first kappa shape index (κ1) is 18.8. The number of amides is 1. The number of ether oxygens (including phenoxy) is 1. The molecule has 2 heterocycles. The van der Waals surface area contributed by atoms with Gasteiger partial charge < -0.3 is 14.5 Å². The fraction of sp³-hybridized carbons (Fsp3) is 0.737. The van der Waals surface area contributed by atoms with Gasteiger partial charge in [0.05, 0.1) is 19.0 Å². The molecule has 1 aliphatic heterocycles. The molecule has 0 bridgehead atoms. The molecule has 3 aliphatic rings. The van der Waals surface area contributed by atoms with Crippen molar-refractivity contribution in [2.75, 3.05) is 37.0 Å². The van der Waals surface area contributed by atoms with Gasteiger partial charge in [-0.2, -0.15) is 0 Å². The zero-order valence-corrected chi connectivity index (χ0v) is 16.9. The first-order chi connectivity index (χ1) is 13.3. The van der Waals surface area contributed by atoms with E-state index in [0.717, 1.165) is 69.6 Å². The molecule has 0 atom stereocenters. The van der Waals surface area contributed by atoms with Crippen LogP contribution in [0.1, 0.15) is 45.4 Å². The number of allylic oxidation sites excluding steroid dienone is 2. The molecule has 1 amide bonds. The fourth-order valence-electron chi connectivity index (χ4n) is 3.83. The van der Waals surface area contributed by atoms with E-state index in [4.69, 9.17) is 4.74 Å².